The molecule has 0 bridgehead atoms. The summed E-state index contributed by atoms with van der Waals surface area (Å²) in [5, 5.41) is 3.28. The van der Waals surface area contributed by atoms with Gasteiger partial charge in [-0.1, -0.05) is 30.3 Å². The number of ether oxygens (including phenoxy) is 2. The number of hydrogen-bond donors (Lipinski definition) is 1. The maximum atomic E-state index is 13.3. The highest BCUT2D eigenvalue weighted by Crippen LogP contribution is 2.47. The predicted octanol–water partition coefficient (Wildman–Crippen LogP) is 4.04. The first-order valence-corrected chi connectivity index (χ1v) is 9.83. The van der Waals surface area contributed by atoms with Crippen LogP contribution < -0.4 is 10.1 Å². The molecule has 142 valence electrons. The van der Waals surface area contributed by atoms with Crippen molar-refractivity contribution in [1.82, 2.24) is 5.32 Å². The van der Waals surface area contributed by atoms with E-state index in [1.165, 1.54) is 7.11 Å². The van der Waals surface area contributed by atoms with Crippen molar-refractivity contribution < 1.29 is 19.1 Å². The molecule has 0 aromatic heterocycles. The average molecular weight is 487 g/mol. The first-order valence-electron chi connectivity index (χ1n) is 8.75. The van der Waals surface area contributed by atoms with Gasteiger partial charge in [-0.3, -0.25) is 4.79 Å². The molecule has 28 heavy (non-hydrogen) atoms. The number of methoxy groups -OCH3 is 2. The summed E-state index contributed by atoms with van der Waals surface area (Å²) in [4.78, 5) is 25.9. The topological polar surface area (TPSA) is 64.6 Å². The Hall–Kier alpha value is -2.61. The minimum absolute atomic E-state index is 0.0668. The summed E-state index contributed by atoms with van der Waals surface area (Å²) in [6.45, 7) is 1.84. The fourth-order valence-electron chi connectivity index (χ4n) is 3.91. The second-order valence-corrected chi connectivity index (χ2v) is 7.81. The molecule has 1 aliphatic heterocycles. The number of halogens is 1. The molecule has 0 spiro atoms. The number of hydrogen-bond acceptors (Lipinski definition) is 5. The van der Waals surface area contributed by atoms with Gasteiger partial charge in [0.1, 0.15) is 5.75 Å². The van der Waals surface area contributed by atoms with Gasteiger partial charge in [0, 0.05) is 28.3 Å². The fourth-order valence-corrected chi connectivity index (χ4v) is 4.66. The molecular weight excluding hydrogens is 469 g/mol. The monoisotopic (exact) mass is 487 g/mol. The van der Waals surface area contributed by atoms with Crippen LogP contribution in [0.25, 0.3) is 5.70 Å². The number of rotatable bonds is 3. The minimum Gasteiger partial charge on any atom is -0.496 e. The first-order chi connectivity index (χ1) is 13.5. The van der Waals surface area contributed by atoms with Gasteiger partial charge in [-0.25, -0.2) is 4.79 Å². The zero-order valence-electron chi connectivity index (χ0n) is 15.6. The Bertz CT molecular complexity index is 1080. The van der Waals surface area contributed by atoms with E-state index in [1.54, 1.807) is 7.11 Å². The second kappa shape index (κ2) is 7.09. The van der Waals surface area contributed by atoms with Gasteiger partial charge in [0.15, 0.2) is 5.78 Å². The number of carbonyl (C=O) groups excluding carboxylic acids is 2. The van der Waals surface area contributed by atoms with Crippen molar-refractivity contribution >= 4 is 40.0 Å². The van der Waals surface area contributed by atoms with E-state index in [4.69, 9.17) is 9.47 Å². The highest BCUT2D eigenvalue weighted by molar-refractivity contribution is 14.1. The fraction of sp³-hybridized carbons (Fsp3) is 0.182. The van der Waals surface area contributed by atoms with Crippen LogP contribution in [0.1, 0.15) is 34.3 Å². The summed E-state index contributed by atoms with van der Waals surface area (Å²) in [6, 6.07) is 13.2. The lowest BCUT2D eigenvalue weighted by atomic mass is 9.80. The van der Waals surface area contributed by atoms with Crippen molar-refractivity contribution in [2.75, 3.05) is 14.2 Å². The van der Waals surface area contributed by atoms with Gasteiger partial charge in [0.2, 0.25) is 0 Å². The van der Waals surface area contributed by atoms with Gasteiger partial charge < -0.3 is 14.8 Å². The molecule has 0 unspecified atom stereocenters. The van der Waals surface area contributed by atoms with E-state index in [2.05, 4.69) is 27.9 Å². The van der Waals surface area contributed by atoms with Gasteiger partial charge in [0.25, 0.3) is 0 Å². The maximum absolute atomic E-state index is 13.3. The summed E-state index contributed by atoms with van der Waals surface area (Å²) in [6.07, 6.45) is 0. The van der Waals surface area contributed by atoms with E-state index >= 15 is 0 Å². The Kier molecular flexibility index (Phi) is 4.74. The molecule has 2 aromatic carbocycles. The van der Waals surface area contributed by atoms with Crippen molar-refractivity contribution in [2.24, 2.45) is 0 Å². The maximum Gasteiger partial charge on any atom is 0.336 e. The number of fused-ring (bicyclic) bond motifs is 2. The quantitative estimate of drug-likeness (QED) is 0.523. The van der Waals surface area contributed by atoms with Gasteiger partial charge in [-0.05, 0) is 47.2 Å². The number of ketones is 1. The molecule has 1 heterocycles. The van der Waals surface area contributed by atoms with E-state index < -0.39 is 11.9 Å². The predicted molar refractivity (Wildman–Crippen MR) is 114 cm³/mol. The van der Waals surface area contributed by atoms with Crippen LogP contribution in [0.2, 0.25) is 0 Å². The van der Waals surface area contributed by atoms with Gasteiger partial charge in [-0.2, -0.15) is 0 Å². The third-order valence-corrected chi connectivity index (χ3v) is 6.01. The van der Waals surface area contributed by atoms with Crippen molar-refractivity contribution in [3.8, 4) is 5.75 Å². The standard InChI is InChI=1S/C22H18INO4/c1-11-17(22(26)28-3)18(12-8-9-16(27-2)15(23)10-12)19-20(24-11)13-6-4-5-7-14(13)21(19)25/h4-10,18,24H,1-3H3/t18-/m1/s1. The van der Waals surface area contributed by atoms with Gasteiger partial charge >= 0.3 is 5.97 Å². The largest absolute Gasteiger partial charge is 0.496 e. The number of carbonyl (C=O) groups is 2. The Labute approximate surface area is 176 Å². The summed E-state index contributed by atoms with van der Waals surface area (Å²) < 4.78 is 11.3. The SMILES string of the molecule is COC(=O)C1=C(C)NC2=C(C(=O)c3ccccc32)[C@@H]1c1ccc(OC)c(I)c1. The molecule has 0 saturated heterocycles. The van der Waals surface area contributed by atoms with E-state index in [0.29, 0.717) is 22.4 Å². The van der Waals surface area contributed by atoms with Crippen LogP contribution >= 0.6 is 22.6 Å². The van der Waals surface area contributed by atoms with Crippen LogP contribution in [0.5, 0.6) is 5.75 Å². The van der Waals surface area contributed by atoms with E-state index in [0.717, 1.165) is 26.1 Å². The highest BCUT2D eigenvalue weighted by Gasteiger charge is 2.42. The smallest absolute Gasteiger partial charge is 0.336 e. The van der Waals surface area contributed by atoms with Crippen LogP contribution in [0.4, 0.5) is 0 Å². The Balaban J connectivity index is 1.95. The summed E-state index contributed by atoms with van der Waals surface area (Å²) in [5.41, 5.74) is 4.83. The molecule has 4 rings (SSSR count). The number of esters is 1. The summed E-state index contributed by atoms with van der Waals surface area (Å²) in [7, 11) is 2.97. The number of nitrogens with one attached hydrogen (secondary N) is 1. The van der Waals surface area contributed by atoms with Crippen molar-refractivity contribution in [3.63, 3.8) is 0 Å². The van der Waals surface area contributed by atoms with E-state index in [1.807, 2.05) is 49.4 Å². The molecule has 2 aliphatic rings. The number of dihydropyridines is 1. The molecule has 0 saturated carbocycles. The van der Waals surface area contributed by atoms with Crippen molar-refractivity contribution in [3.05, 3.63) is 79.6 Å². The van der Waals surface area contributed by atoms with Crippen LogP contribution in [0.15, 0.2) is 59.3 Å². The first kappa shape index (κ1) is 18.7. The number of allylic oxidation sites excluding steroid dienone is 2. The zero-order valence-corrected chi connectivity index (χ0v) is 17.8. The number of benzene rings is 2. The lowest BCUT2D eigenvalue weighted by Gasteiger charge is -2.29. The van der Waals surface area contributed by atoms with Crippen LogP contribution in [0, 0.1) is 3.57 Å². The third-order valence-electron chi connectivity index (χ3n) is 5.16. The minimum atomic E-state index is -0.511. The molecule has 5 nitrogen and oxygen atoms in total. The lowest BCUT2D eigenvalue weighted by Crippen LogP contribution is -2.29. The molecule has 0 fully saturated rings. The Morgan fingerprint density at radius 2 is 1.82 bits per heavy atom. The zero-order chi connectivity index (χ0) is 20.0. The van der Waals surface area contributed by atoms with Crippen LogP contribution in [-0.4, -0.2) is 26.0 Å². The van der Waals surface area contributed by atoms with Gasteiger partial charge in [-0.15, -0.1) is 0 Å². The van der Waals surface area contributed by atoms with E-state index in [9.17, 15) is 9.59 Å². The summed E-state index contributed by atoms with van der Waals surface area (Å²) in [5.74, 6) is -0.282. The molecule has 2 aromatic rings. The molecular formula is C22H18INO4. The molecule has 0 radical (unpaired) electrons. The third kappa shape index (κ3) is 2.74. The van der Waals surface area contributed by atoms with Crippen molar-refractivity contribution in [2.45, 2.75) is 12.8 Å². The lowest BCUT2D eigenvalue weighted by molar-refractivity contribution is -0.136. The van der Waals surface area contributed by atoms with Gasteiger partial charge in [0.05, 0.1) is 29.1 Å². The number of Topliss-reactive ketones (excluding diaryl/α,β-unsaturated/α-hetero) is 1. The normalized spacial score (nSPS) is 17.9. The Morgan fingerprint density at radius 3 is 2.46 bits per heavy atom. The second-order valence-electron chi connectivity index (χ2n) is 6.65. The molecule has 1 atom stereocenters. The highest BCUT2D eigenvalue weighted by atomic mass is 127. The van der Waals surface area contributed by atoms with Crippen molar-refractivity contribution in [1.29, 1.82) is 0 Å². The average Bonchev–Trinajstić information content (AvgIpc) is 2.98. The van der Waals surface area contributed by atoms with E-state index in [-0.39, 0.29) is 5.78 Å². The van der Waals surface area contributed by atoms with Crippen LogP contribution in [0.3, 0.4) is 0 Å². The Morgan fingerprint density at radius 1 is 1.11 bits per heavy atom. The molecule has 0 amide bonds. The summed E-state index contributed by atoms with van der Waals surface area (Å²) >= 11 is 2.19. The molecule has 1 N–H and O–H groups in total. The molecule has 6 heteroatoms. The molecule has 1 aliphatic carbocycles. The van der Waals surface area contributed by atoms with Crippen LogP contribution in [-0.2, 0) is 9.53 Å².